The second kappa shape index (κ2) is 14.2. The Balaban J connectivity index is 1.47. The molecule has 4 rings (SSSR count). The minimum atomic E-state index is -1.32. The third-order valence-electron chi connectivity index (χ3n) is 9.18. The molecule has 1 saturated heterocycles. The van der Waals surface area contributed by atoms with Crippen molar-refractivity contribution in [3.63, 3.8) is 0 Å². The number of aliphatic hydroxyl groups is 4. The van der Waals surface area contributed by atoms with Crippen LogP contribution in [0.25, 0.3) is 0 Å². The first-order valence-corrected chi connectivity index (χ1v) is 14.9. The average Bonchev–Trinajstić information content (AvgIpc) is 2.90. The van der Waals surface area contributed by atoms with Gasteiger partial charge in [-0.1, -0.05) is 0 Å². The molecule has 3 fully saturated rings. The number of ether oxygens (including phenoxy) is 3. The normalized spacial score (nSPS) is 45.9. The van der Waals surface area contributed by atoms with Crippen molar-refractivity contribution in [3.8, 4) is 0 Å². The summed E-state index contributed by atoms with van der Waals surface area (Å²) < 4.78 is 18.4. The molecule has 2 heterocycles. The van der Waals surface area contributed by atoms with E-state index in [1.54, 1.807) is 14.0 Å². The number of rotatable bonds is 12. The molecular formula is C27H53N7O7. The van der Waals surface area contributed by atoms with Gasteiger partial charge in [0.15, 0.2) is 6.29 Å². The molecule has 41 heavy (non-hydrogen) atoms. The van der Waals surface area contributed by atoms with Crippen LogP contribution in [0.4, 0.5) is 0 Å². The van der Waals surface area contributed by atoms with Crippen LogP contribution in [0.3, 0.4) is 0 Å². The summed E-state index contributed by atoms with van der Waals surface area (Å²) in [6.45, 7) is 3.12. The van der Waals surface area contributed by atoms with Crippen LogP contribution in [0, 0.1) is 11.8 Å². The predicted molar refractivity (Wildman–Crippen MR) is 152 cm³/mol. The van der Waals surface area contributed by atoms with Crippen LogP contribution in [-0.2, 0) is 14.2 Å². The molecule has 0 aromatic rings. The van der Waals surface area contributed by atoms with Gasteiger partial charge in [0.25, 0.3) is 0 Å². The molecule has 0 aromatic heterocycles. The molecule has 0 bridgehead atoms. The van der Waals surface area contributed by atoms with E-state index >= 15 is 0 Å². The van der Waals surface area contributed by atoms with Crippen molar-refractivity contribution in [3.05, 3.63) is 11.8 Å². The maximum atomic E-state index is 11.8. The van der Waals surface area contributed by atoms with Gasteiger partial charge in [-0.05, 0) is 58.2 Å². The summed E-state index contributed by atoms with van der Waals surface area (Å²) in [6, 6.07) is -1.81. The van der Waals surface area contributed by atoms with E-state index in [4.69, 9.17) is 37.1 Å². The fourth-order valence-corrected chi connectivity index (χ4v) is 6.74. The minimum Gasteiger partial charge on any atom is -0.492 e. The molecule has 0 radical (unpaired) electrons. The Kier molecular flexibility index (Phi) is 11.4. The Bertz CT molecular complexity index is 864. The van der Waals surface area contributed by atoms with Crippen LogP contribution in [-0.4, -0.2) is 133 Å². The lowest BCUT2D eigenvalue weighted by atomic mass is 9.72. The molecular weight excluding hydrogens is 534 g/mol. The molecule has 0 aromatic carbocycles. The first-order valence-electron chi connectivity index (χ1n) is 14.9. The molecule has 4 aliphatic rings. The molecule has 2 saturated carbocycles. The number of likely N-dealkylation sites (N-methyl/N-ethyl adjacent to an activating group) is 1. The summed E-state index contributed by atoms with van der Waals surface area (Å²) >= 11 is 0. The van der Waals surface area contributed by atoms with Gasteiger partial charge in [0.1, 0.15) is 29.7 Å². The Morgan fingerprint density at radius 1 is 1.15 bits per heavy atom. The highest BCUT2D eigenvalue weighted by Crippen LogP contribution is 2.36. The molecule has 15 N–H and O–H groups in total. The van der Waals surface area contributed by atoms with Gasteiger partial charge in [-0.2, -0.15) is 0 Å². The lowest BCUT2D eigenvalue weighted by Gasteiger charge is -2.50. The van der Waals surface area contributed by atoms with Crippen molar-refractivity contribution in [1.82, 2.24) is 16.0 Å². The van der Waals surface area contributed by atoms with Gasteiger partial charge in [-0.25, -0.2) is 0 Å². The van der Waals surface area contributed by atoms with Crippen molar-refractivity contribution >= 4 is 0 Å². The average molecular weight is 588 g/mol. The molecule has 238 valence electrons. The van der Waals surface area contributed by atoms with E-state index in [0.29, 0.717) is 31.3 Å². The summed E-state index contributed by atoms with van der Waals surface area (Å²) in [7, 11) is 1.64. The molecule has 14 heteroatoms. The van der Waals surface area contributed by atoms with E-state index < -0.39 is 72.5 Å². The fraction of sp³-hybridized carbons (Fsp3) is 0.926. The zero-order chi connectivity index (χ0) is 29.9. The summed E-state index contributed by atoms with van der Waals surface area (Å²) in [5.74, 6) is 0.753. The van der Waals surface area contributed by atoms with E-state index in [-0.39, 0.29) is 19.7 Å². The zero-order valence-corrected chi connectivity index (χ0v) is 24.3. The highest BCUT2D eigenvalue weighted by Gasteiger charge is 2.53. The lowest BCUT2D eigenvalue weighted by molar-refractivity contribution is -0.298. The number of hydrogen-bond acceptors (Lipinski definition) is 14. The molecule has 2 aliphatic carbocycles. The minimum absolute atomic E-state index is 0.0628. The van der Waals surface area contributed by atoms with E-state index in [0.717, 1.165) is 25.1 Å². The summed E-state index contributed by atoms with van der Waals surface area (Å²) in [5, 5.41) is 53.1. The van der Waals surface area contributed by atoms with Gasteiger partial charge in [0, 0.05) is 43.2 Å². The SMILES string of the molecule is CNC1C(O)C(OC2C(NCC(O)CN)CC(N)C(C3OC(CNCC4CC(N)C4)=CCC3N)C2O)OCC1(C)O. The predicted octanol–water partition coefficient (Wildman–Crippen LogP) is -4.26. The van der Waals surface area contributed by atoms with Gasteiger partial charge in [-0.3, -0.25) is 0 Å². The van der Waals surface area contributed by atoms with Gasteiger partial charge in [-0.15, -0.1) is 0 Å². The van der Waals surface area contributed by atoms with E-state index in [1.807, 2.05) is 6.08 Å². The molecule has 12 unspecified atom stereocenters. The van der Waals surface area contributed by atoms with Crippen LogP contribution in [0.15, 0.2) is 11.8 Å². The largest absolute Gasteiger partial charge is 0.492 e. The van der Waals surface area contributed by atoms with Crippen molar-refractivity contribution < 1.29 is 34.6 Å². The Labute approximate surface area is 242 Å². The lowest BCUT2D eigenvalue weighted by Crippen LogP contribution is -2.69. The Morgan fingerprint density at radius 3 is 2.54 bits per heavy atom. The highest BCUT2D eigenvalue weighted by atomic mass is 16.7. The first kappa shape index (κ1) is 32.9. The van der Waals surface area contributed by atoms with E-state index in [2.05, 4.69) is 16.0 Å². The third-order valence-corrected chi connectivity index (χ3v) is 9.18. The second-order valence-corrected chi connectivity index (χ2v) is 12.6. The van der Waals surface area contributed by atoms with Crippen molar-refractivity contribution in [1.29, 1.82) is 0 Å². The third kappa shape index (κ3) is 7.76. The van der Waals surface area contributed by atoms with Crippen LogP contribution >= 0.6 is 0 Å². The van der Waals surface area contributed by atoms with Crippen molar-refractivity contribution in [2.24, 2.45) is 34.8 Å². The summed E-state index contributed by atoms with van der Waals surface area (Å²) in [5.41, 5.74) is 23.3. The van der Waals surface area contributed by atoms with Gasteiger partial charge in [0.2, 0.25) is 0 Å². The molecule has 0 spiro atoms. The quantitative estimate of drug-likeness (QED) is 0.103. The van der Waals surface area contributed by atoms with Crippen molar-refractivity contribution in [2.75, 3.05) is 39.8 Å². The maximum absolute atomic E-state index is 11.8. The van der Waals surface area contributed by atoms with Gasteiger partial charge >= 0.3 is 0 Å². The topological polar surface area (TPSA) is 249 Å². The number of nitrogens with two attached hydrogens (primary N) is 4. The molecule has 0 amide bonds. The van der Waals surface area contributed by atoms with Crippen LogP contribution in [0.1, 0.15) is 32.6 Å². The number of nitrogens with one attached hydrogen (secondary N) is 3. The summed E-state index contributed by atoms with van der Waals surface area (Å²) in [4.78, 5) is 0. The fourth-order valence-electron chi connectivity index (χ4n) is 6.74. The maximum Gasteiger partial charge on any atom is 0.185 e. The number of hydrogen-bond donors (Lipinski definition) is 11. The summed E-state index contributed by atoms with van der Waals surface area (Å²) in [6.07, 6.45) is -0.778. The number of aliphatic hydroxyl groups excluding tert-OH is 3. The van der Waals surface area contributed by atoms with E-state index in [1.165, 1.54) is 0 Å². The van der Waals surface area contributed by atoms with Crippen LogP contribution in [0.2, 0.25) is 0 Å². The zero-order valence-electron chi connectivity index (χ0n) is 24.3. The smallest absolute Gasteiger partial charge is 0.185 e. The van der Waals surface area contributed by atoms with Crippen LogP contribution in [0.5, 0.6) is 0 Å². The van der Waals surface area contributed by atoms with Gasteiger partial charge in [0.05, 0.1) is 31.4 Å². The second-order valence-electron chi connectivity index (χ2n) is 12.6. The van der Waals surface area contributed by atoms with Crippen molar-refractivity contribution in [2.45, 2.75) is 105 Å². The highest BCUT2D eigenvalue weighted by molar-refractivity contribution is 5.10. The van der Waals surface area contributed by atoms with Gasteiger partial charge < -0.3 is 73.5 Å². The molecule has 14 nitrogen and oxygen atoms in total. The Morgan fingerprint density at radius 2 is 1.88 bits per heavy atom. The van der Waals surface area contributed by atoms with E-state index in [9.17, 15) is 20.4 Å². The molecule has 2 aliphatic heterocycles. The monoisotopic (exact) mass is 587 g/mol. The molecule has 12 atom stereocenters. The Hall–Kier alpha value is -0.980. The van der Waals surface area contributed by atoms with Crippen LogP contribution < -0.4 is 38.9 Å². The standard InChI is InChI=1S/C27H53N7O7/c1-27(38)12-39-26(22(37)25(27)32-2)41-24-19(34-10-15(35)8-28)7-18(31)20(21(24)36)23-17(30)4-3-16(40-23)11-33-9-13-5-14(29)6-13/h3,13-15,17-26,32-38H,4-12,28-31H2,1-2H3. The first-order chi connectivity index (χ1) is 19.4.